The van der Waals surface area contributed by atoms with Crippen LogP contribution in [-0.2, 0) is 19.1 Å². The van der Waals surface area contributed by atoms with Gasteiger partial charge in [0.15, 0.2) is 0 Å². The number of carboxylic acids is 1. The van der Waals surface area contributed by atoms with Gasteiger partial charge in [0, 0.05) is 13.0 Å². The fourth-order valence-electron chi connectivity index (χ4n) is 4.85. The minimum atomic E-state index is -1.25. The largest absolute Gasteiger partial charge is 0.481 e. The van der Waals surface area contributed by atoms with Crippen LogP contribution in [0.25, 0.3) is 11.1 Å². The zero-order valence-electron chi connectivity index (χ0n) is 19.6. The van der Waals surface area contributed by atoms with Gasteiger partial charge < -0.3 is 24.8 Å². The number of hydrogen-bond acceptors (Lipinski definition) is 5. The fourth-order valence-corrected chi connectivity index (χ4v) is 4.85. The molecule has 2 aromatic carbocycles. The van der Waals surface area contributed by atoms with Crippen molar-refractivity contribution in [2.45, 2.75) is 37.8 Å². The summed E-state index contributed by atoms with van der Waals surface area (Å²) in [5.41, 5.74) is 3.23. The first-order valence-electron chi connectivity index (χ1n) is 11.5. The lowest BCUT2D eigenvalue weighted by Crippen LogP contribution is -2.60. The van der Waals surface area contributed by atoms with E-state index in [1.807, 2.05) is 36.4 Å². The van der Waals surface area contributed by atoms with Crippen molar-refractivity contribution in [1.82, 2.24) is 10.2 Å². The minimum Gasteiger partial charge on any atom is -0.481 e. The summed E-state index contributed by atoms with van der Waals surface area (Å²) < 4.78 is 10.9. The molecule has 4 rings (SSSR count). The number of carbonyl (C=O) groups is 3. The lowest BCUT2D eigenvalue weighted by atomic mass is 9.94. The first-order chi connectivity index (χ1) is 16.3. The molecule has 1 saturated heterocycles. The molecule has 2 aromatic rings. The highest BCUT2D eigenvalue weighted by atomic mass is 16.5. The van der Waals surface area contributed by atoms with Crippen LogP contribution in [0.2, 0.25) is 0 Å². The topological polar surface area (TPSA) is 105 Å². The number of aliphatic carboxylic acids is 1. The van der Waals surface area contributed by atoms with Crippen LogP contribution in [-0.4, -0.2) is 66.4 Å². The summed E-state index contributed by atoms with van der Waals surface area (Å²) in [5, 5.41) is 12.1. The van der Waals surface area contributed by atoms with E-state index in [1.54, 1.807) is 20.9 Å². The van der Waals surface area contributed by atoms with Crippen LogP contribution < -0.4 is 5.32 Å². The predicted molar refractivity (Wildman–Crippen MR) is 125 cm³/mol. The van der Waals surface area contributed by atoms with Gasteiger partial charge in [0.2, 0.25) is 5.91 Å². The number of carboxylic acid groups (broad SMARTS) is 1. The summed E-state index contributed by atoms with van der Waals surface area (Å²) in [4.78, 5) is 39.0. The number of ether oxygens (including phenoxy) is 2. The van der Waals surface area contributed by atoms with Crippen molar-refractivity contribution < 1.29 is 29.0 Å². The second-order valence-corrected chi connectivity index (χ2v) is 9.10. The van der Waals surface area contributed by atoms with E-state index in [1.165, 1.54) is 4.90 Å². The van der Waals surface area contributed by atoms with Gasteiger partial charge >= 0.3 is 12.1 Å². The molecule has 3 unspecified atom stereocenters. The number of carbonyl (C=O) groups excluding carboxylic acids is 2. The molecule has 8 nitrogen and oxygen atoms in total. The van der Waals surface area contributed by atoms with Gasteiger partial charge in [-0.05, 0) is 35.6 Å². The van der Waals surface area contributed by atoms with Crippen LogP contribution in [0, 0.1) is 5.92 Å². The fraction of sp³-hybridized carbons (Fsp3) is 0.423. The molecule has 2 N–H and O–H groups in total. The average molecular weight is 467 g/mol. The van der Waals surface area contributed by atoms with E-state index < -0.39 is 29.6 Å². The number of benzene rings is 2. The van der Waals surface area contributed by atoms with E-state index in [2.05, 4.69) is 17.4 Å². The summed E-state index contributed by atoms with van der Waals surface area (Å²) in [6.45, 7) is 3.75. The summed E-state index contributed by atoms with van der Waals surface area (Å²) in [6.07, 6.45) is -0.378. The number of nitrogens with zero attached hydrogens (tertiary/aromatic N) is 1. The molecule has 0 saturated carbocycles. The predicted octanol–water partition coefficient (Wildman–Crippen LogP) is 3.25. The van der Waals surface area contributed by atoms with Crippen LogP contribution in [0.15, 0.2) is 48.5 Å². The van der Waals surface area contributed by atoms with E-state index in [-0.39, 0.29) is 31.6 Å². The summed E-state index contributed by atoms with van der Waals surface area (Å²) in [5.74, 6) is -2.28. The zero-order valence-corrected chi connectivity index (χ0v) is 19.6. The van der Waals surface area contributed by atoms with Crippen molar-refractivity contribution >= 4 is 18.0 Å². The van der Waals surface area contributed by atoms with E-state index in [0.29, 0.717) is 6.42 Å². The van der Waals surface area contributed by atoms with Crippen LogP contribution in [0.1, 0.15) is 37.3 Å². The molecule has 2 amide bonds. The van der Waals surface area contributed by atoms with Crippen molar-refractivity contribution in [3.05, 3.63) is 59.7 Å². The molecule has 2 aliphatic rings. The van der Waals surface area contributed by atoms with E-state index in [4.69, 9.17) is 9.47 Å². The Balaban J connectivity index is 1.43. The maximum atomic E-state index is 13.3. The zero-order chi connectivity index (χ0) is 24.5. The molecular formula is C26H30N2O6. The molecule has 0 bridgehead atoms. The van der Waals surface area contributed by atoms with Gasteiger partial charge in [0.05, 0.1) is 19.3 Å². The van der Waals surface area contributed by atoms with Crippen LogP contribution in [0.4, 0.5) is 4.79 Å². The normalized spacial score (nSPS) is 20.7. The Kier molecular flexibility index (Phi) is 6.61. The number of fused-ring (bicyclic) bond motifs is 3. The molecule has 1 fully saturated rings. The van der Waals surface area contributed by atoms with Crippen LogP contribution >= 0.6 is 0 Å². The quantitative estimate of drug-likeness (QED) is 0.649. The molecule has 1 aliphatic carbocycles. The molecule has 8 heteroatoms. The van der Waals surface area contributed by atoms with Gasteiger partial charge in [-0.15, -0.1) is 0 Å². The smallest absolute Gasteiger partial charge is 0.408 e. The molecule has 0 radical (unpaired) electrons. The molecule has 34 heavy (non-hydrogen) atoms. The Morgan fingerprint density at radius 1 is 1.09 bits per heavy atom. The maximum Gasteiger partial charge on any atom is 0.408 e. The van der Waals surface area contributed by atoms with E-state index >= 15 is 0 Å². The van der Waals surface area contributed by atoms with Gasteiger partial charge in [-0.3, -0.25) is 9.59 Å². The molecule has 1 aliphatic heterocycles. The molecule has 1 heterocycles. The van der Waals surface area contributed by atoms with E-state index in [0.717, 1.165) is 22.3 Å². The monoisotopic (exact) mass is 466 g/mol. The van der Waals surface area contributed by atoms with Gasteiger partial charge in [0.25, 0.3) is 0 Å². The Morgan fingerprint density at radius 2 is 1.68 bits per heavy atom. The van der Waals surface area contributed by atoms with Crippen LogP contribution in [0.3, 0.4) is 0 Å². The van der Waals surface area contributed by atoms with Gasteiger partial charge in [-0.2, -0.15) is 0 Å². The Morgan fingerprint density at radius 3 is 2.24 bits per heavy atom. The Hall–Kier alpha value is -3.39. The highest BCUT2D eigenvalue weighted by molar-refractivity contribution is 5.90. The number of likely N-dealkylation sites (N-methyl/N-ethyl adjacent to an activating group) is 1. The number of nitrogens with one attached hydrogen (secondary N) is 1. The standard InChI is InChI=1S/C26H30N2O6/c1-4-26(2,24(31)28(3)22-15-33-13-21(22)23(29)30)27-25(32)34-14-20-18-11-7-5-9-16(18)17-10-6-8-12-19(17)20/h5-12,20-22H,4,13-15H2,1-3H3,(H,27,32)(H,29,30). The van der Waals surface area contributed by atoms with Crippen molar-refractivity contribution in [2.75, 3.05) is 26.9 Å². The highest BCUT2D eigenvalue weighted by Crippen LogP contribution is 2.44. The third kappa shape index (κ3) is 4.25. The molecule has 0 aromatic heterocycles. The molecule has 180 valence electrons. The lowest BCUT2D eigenvalue weighted by Gasteiger charge is -2.36. The first kappa shape index (κ1) is 23.8. The van der Waals surface area contributed by atoms with Crippen LogP contribution in [0.5, 0.6) is 0 Å². The first-order valence-corrected chi connectivity index (χ1v) is 11.5. The second-order valence-electron chi connectivity index (χ2n) is 9.10. The van der Waals surface area contributed by atoms with Crippen molar-refractivity contribution in [3.63, 3.8) is 0 Å². The van der Waals surface area contributed by atoms with E-state index in [9.17, 15) is 19.5 Å². The second kappa shape index (κ2) is 9.46. The Labute approximate surface area is 198 Å². The minimum absolute atomic E-state index is 0.0558. The van der Waals surface area contributed by atoms with Crippen molar-refractivity contribution in [1.29, 1.82) is 0 Å². The number of hydrogen-bond donors (Lipinski definition) is 2. The maximum absolute atomic E-state index is 13.3. The molecular weight excluding hydrogens is 436 g/mol. The Bertz CT molecular complexity index is 1060. The average Bonchev–Trinajstić information content (AvgIpc) is 3.45. The third-order valence-corrected chi connectivity index (χ3v) is 7.09. The van der Waals surface area contributed by atoms with Gasteiger partial charge in [-0.1, -0.05) is 55.5 Å². The summed E-state index contributed by atoms with van der Waals surface area (Å²) >= 11 is 0. The number of rotatable bonds is 7. The number of amides is 2. The molecule has 0 spiro atoms. The van der Waals surface area contributed by atoms with Crippen molar-refractivity contribution in [2.24, 2.45) is 5.92 Å². The third-order valence-electron chi connectivity index (χ3n) is 7.09. The SMILES string of the molecule is CCC(C)(NC(=O)OCC1c2ccccc2-c2ccccc21)C(=O)N(C)C1COCC1C(=O)O. The van der Waals surface area contributed by atoms with Gasteiger partial charge in [-0.25, -0.2) is 4.79 Å². The van der Waals surface area contributed by atoms with Gasteiger partial charge in [0.1, 0.15) is 18.1 Å². The molecule has 3 atom stereocenters. The number of alkyl carbamates (subject to hydrolysis) is 1. The van der Waals surface area contributed by atoms with Crippen molar-refractivity contribution in [3.8, 4) is 11.1 Å². The lowest BCUT2D eigenvalue weighted by molar-refractivity contribution is -0.146. The highest BCUT2D eigenvalue weighted by Gasteiger charge is 2.44. The summed E-state index contributed by atoms with van der Waals surface area (Å²) in [6, 6.07) is 15.5. The summed E-state index contributed by atoms with van der Waals surface area (Å²) in [7, 11) is 1.55.